The number of hydrogen-bond donors (Lipinski definition) is 4. The largest absolute Gasteiger partial charge is 0.480 e. The van der Waals surface area contributed by atoms with Gasteiger partial charge in [0.1, 0.15) is 51.7 Å². The Bertz CT molecular complexity index is 5770. The number of tetrazole rings is 3. The molecule has 0 bridgehead atoms. The fraction of sp³-hybridized carbons (Fsp3) is 0.151. The van der Waals surface area contributed by atoms with Gasteiger partial charge >= 0.3 is 29.8 Å². The molecule has 41 heteroatoms. The summed E-state index contributed by atoms with van der Waals surface area (Å²) in [6.45, 7) is 4.94. The number of aromatic nitrogens is 18. The Balaban J connectivity index is 0.000000175. The zero-order chi connectivity index (χ0) is 82.5. The summed E-state index contributed by atoms with van der Waals surface area (Å²) in [7, 11) is 0. The average Bonchev–Trinajstić information content (AvgIpc) is 1.25. The van der Waals surface area contributed by atoms with Crippen LogP contribution in [0.25, 0.3) is 61.6 Å². The van der Waals surface area contributed by atoms with E-state index in [1.807, 2.05) is 0 Å². The van der Waals surface area contributed by atoms with Gasteiger partial charge in [0.15, 0.2) is 0 Å². The predicted octanol–water partition coefficient (Wildman–Crippen LogP) is 8.79. The highest BCUT2D eigenvalue weighted by molar-refractivity contribution is 9.10. The van der Waals surface area contributed by atoms with Crippen LogP contribution < -0.4 is 39.1 Å². The van der Waals surface area contributed by atoms with Gasteiger partial charge in [-0.15, -0.1) is 15.3 Å². The number of aromatic amines is 1. The number of ether oxygens (including phenoxy) is 3. The molecule has 588 valence electrons. The fourth-order valence-corrected chi connectivity index (χ4v) is 11.3. The fourth-order valence-electron chi connectivity index (χ4n) is 10.00. The van der Waals surface area contributed by atoms with E-state index in [0.29, 0.717) is 98.4 Å². The number of esters is 3. The standard InChI is InChI=1S/C16H14ClN5O3.C15H15ClN2O3.2C14H10ClN5O3.C9H10BrNO3.C5H4BrNO/c1-2-25-16(24)9-21-6-5-11(7-15(21)23)13-8-12(17)3-4-14(13)22-10-18-19-20-22;1-2-21-15(20)9-18-6-5-10(7-14(18)19)12-8-11(16)3-4-13(12)17;2*15-10-1-2-12(20-8-16-17-18-20)11(6-10)9-3-4-19(7-14(22)23)13(21)5-9;1-2-14-9(13)6-11-4-3-7(10)5-8(11)12;6-4-1-2-7-5(8)3-4/h3-8,10H,2,9H2,1H3;3-8H,2,9,17H2,1H3;2*1-6,8H,7H2,(H,22,23);3-5H,2,6H2,1H3;1-3H,(H,7,8). The number of pyridine rings is 6. The van der Waals surface area contributed by atoms with Crippen molar-refractivity contribution in [2.24, 2.45) is 0 Å². The number of benzene rings is 4. The highest BCUT2D eigenvalue weighted by Gasteiger charge is 2.17. The summed E-state index contributed by atoms with van der Waals surface area (Å²) in [5, 5.41) is 52.7. The third kappa shape index (κ3) is 25.8. The minimum absolute atomic E-state index is 0.0417. The first-order chi connectivity index (χ1) is 54.6. The zero-order valence-electron chi connectivity index (χ0n) is 59.8. The average molecular weight is 1760 g/mol. The summed E-state index contributed by atoms with van der Waals surface area (Å²) in [6, 6.07) is 39.1. The molecule has 0 radical (unpaired) electrons. The maximum Gasteiger partial charge on any atom is 0.326 e. The Morgan fingerprint density at radius 2 is 0.693 bits per heavy atom. The molecular formula is C73H63Br2Cl4N19O16. The van der Waals surface area contributed by atoms with Crippen molar-refractivity contribution in [1.29, 1.82) is 0 Å². The molecule has 114 heavy (non-hydrogen) atoms. The quantitative estimate of drug-likeness (QED) is 0.0314. The first-order valence-corrected chi connectivity index (χ1v) is 36.3. The lowest BCUT2D eigenvalue weighted by atomic mass is 10.0. The number of carbonyl (C=O) groups excluding carboxylic acids is 3. The first kappa shape index (κ1) is 86.7. The molecule has 0 amide bonds. The van der Waals surface area contributed by atoms with Crippen molar-refractivity contribution in [1.82, 2.24) is 88.4 Å². The lowest BCUT2D eigenvalue weighted by molar-refractivity contribution is -0.144. The molecule has 0 saturated heterocycles. The van der Waals surface area contributed by atoms with E-state index in [0.717, 1.165) is 13.6 Å². The zero-order valence-corrected chi connectivity index (χ0v) is 66.0. The normalized spacial score (nSPS) is 10.4. The molecule has 35 nitrogen and oxygen atoms in total. The Kier molecular flexibility index (Phi) is 32.3. The topological polar surface area (TPSA) is 453 Å². The molecule has 0 aliphatic rings. The molecule has 5 N–H and O–H groups in total. The van der Waals surface area contributed by atoms with Crippen LogP contribution in [0.2, 0.25) is 20.1 Å². The van der Waals surface area contributed by atoms with Crippen LogP contribution in [0.5, 0.6) is 0 Å². The van der Waals surface area contributed by atoms with Crippen LogP contribution in [0.3, 0.4) is 0 Å². The van der Waals surface area contributed by atoms with Gasteiger partial charge in [0.25, 0.3) is 27.8 Å². The number of halogens is 6. The lowest BCUT2D eigenvalue weighted by Gasteiger charge is -2.11. The van der Waals surface area contributed by atoms with E-state index in [2.05, 4.69) is 83.4 Å². The van der Waals surface area contributed by atoms with Crippen LogP contribution in [0, 0.1) is 0 Å². The molecule has 0 aliphatic heterocycles. The van der Waals surface area contributed by atoms with Crippen LogP contribution in [0.4, 0.5) is 5.69 Å². The maximum atomic E-state index is 12.3. The monoisotopic (exact) mass is 1760 g/mol. The molecular weight excluding hydrogens is 1700 g/mol. The van der Waals surface area contributed by atoms with Crippen LogP contribution >= 0.6 is 78.3 Å². The number of hydrogen-bond acceptors (Lipinski definition) is 24. The predicted molar refractivity (Wildman–Crippen MR) is 425 cm³/mol. The van der Waals surface area contributed by atoms with E-state index in [1.54, 1.807) is 149 Å². The van der Waals surface area contributed by atoms with Gasteiger partial charge in [-0.2, -0.15) is 14.0 Å². The van der Waals surface area contributed by atoms with Gasteiger partial charge in [-0.1, -0.05) is 78.3 Å². The maximum absolute atomic E-state index is 12.3. The molecule has 13 aromatic rings. The van der Waals surface area contributed by atoms with E-state index in [9.17, 15) is 52.7 Å². The summed E-state index contributed by atoms with van der Waals surface area (Å²) in [6.07, 6.45) is 13.4. The van der Waals surface area contributed by atoms with Gasteiger partial charge in [0.2, 0.25) is 5.56 Å². The van der Waals surface area contributed by atoms with Crippen molar-refractivity contribution < 1.29 is 48.4 Å². The summed E-state index contributed by atoms with van der Waals surface area (Å²) in [5.74, 6) is -3.49. The van der Waals surface area contributed by atoms with Crippen LogP contribution in [-0.2, 0) is 70.9 Å². The van der Waals surface area contributed by atoms with Crippen LogP contribution in [0.15, 0.2) is 239 Å². The number of rotatable bonds is 20. The number of carbonyl (C=O) groups is 5. The molecule has 0 atom stereocenters. The number of nitrogen functional groups attached to an aromatic ring is 1. The lowest BCUT2D eigenvalue weighted by Crippen LogP contribution is -2.24. The third-order valence-electron chi connectivity index (χ3n) is 15.0. The number of H-pyrrole nitrogens is 1. The minimum Gasteiger partial charge on any atom is -0.480 e. The molecule has 0 spiro atoms. The van der Waals surface area contributed by atoms with Crippen molar-refractivity contribution in [2.75, 3.05) is 25.6 Å². The van der Waals surface area contributed by atoms with Gasteiger partial charge in [-0.05, 0) is 183 Å². The van der Waals surface area contributed by atoms with Gasteiger partial charge in [-0.25, -0.2) is 0 Å². The molecule has 9 heterocycles. The molecule has 13 rings (SSSR count). The number of aliphatic carboxylic acids is 2. The van der Waals surface area contributed by atoms with Gasteiger partial charge in [-0.3, -0.25) is 52.7 Å². The third-order valence-corrected chi connectivity index (χ3v) is 17.0. The van der Waals surface area contributed by atoms with E-state index in [4.69, 9.17) is 76.6 Å². The Morgan fingerprint density at radius 3 is 0.974 bits per heavy atom. The summed E-state index contributed by atoms with van der Waals surface area (Å²) in [4.78, 5) is 128. The highest BCUT2D eigenvalue weighted by Crippen LogP contribution is 2.32. The Hall–Kier alpha value is -12.9. The Labute approximate surface area is 679 Å². The van der Waals surface area contributed by atoms with Crippen LogP contribution in [-0.4, -0.2) is 148 Å². The van der Waals surface area contributed by atoms with E-state index >= 15 is 0 Å². The van der Waals surface area contributed by atoms with Crippen molar-refractivity contribution in [3.63, 3.8) is 0 Å². The van der Waals surface area contributed by atoms with Gasteiger partial charge in [0, 0.05) is 131 Å². The second-order valence-corrected chi connectivity index (χ2v) is 26.5. The number of nitrogens with zero attached hydrogens (tertiary/aromatic N) is 17. The number of nitrogens with two attached hydrogens (primary N) is 1. The number of carboxylic acid groups (broad SMARTS) is 2. The first-order valence-electron chi connectivity index (χ1n) is 33.2. The molecule has 0 unspecified atom stereocenters. The van der Waals surface area contributed by atoms with Crippen molar-refractivity contribution in [3.05, 3.63) is 293 Å². The summed E-state index contributed by atoms with van der Waals surface area (Å²) < 4.78 is 26.3. The summed E-state index contributed by atoms with van der Waals surface area (Å²) >= 11 is 30.4. The smallest absolute Gasteiger partial charge is 0.326 e. The molecule has 0 saturated carbocycles. The van der Waals surface area contributed by atoms with Crippen molar-refractivity contribution >= 4 is 114 Å². The number of anilines is 1. The highest BCUT2D eigenvalue weighted by atomic mass is 79.9. The van der Waals surface area contributed by atoms with E-state index in [-0.39, 0.29) is 55.1 Å². The van der Waals surface area contributed by atoms with Crippen molar-refractivity contribution in [3.8, 4) is 61.6 Å². The number of nitrogens with one attached hydrogen (secondary N) is 1. The summed E-state index contributed by atoms with van der Waals surface area (Å²) in [5.41, 5.74) is 11.8. The molecule has 4 aromatic carbocycles. The SMILES string of the molecule is CCOC(=O)Cn1ccc(-c2cc(Cl)ccc2-n2cnnn2)cc1=O.CCOC(=O)Cn1ccc(-c2cc(Cl)ccc2N)cc1=O.CCOC(=O)Cn1ccc(Br)cc1=O.O=C(O)Cn1ccc(-c2cc(Cl)ccc2-n2cnnn2)cc1=O.O=C(O)Cn1ccc(-c2cc(Cl)ccc2-n2cnnn2)cc1=O.O=c1cc(Br)cc[nH]1. The van der Waals surface area contributed by atoms with Crippen LogP contribution in [0.1, 0.15) is 20.8 Å². The molecule has 0 fully saturated rings. The van der Waals surface area contributed by atoms with Gasteiger partial charge < -0.3 is 58.0 Å². The number of carboxylic acids is 2. The molecule has 0 aliphatic carbocycles. The Morgan fingerprint density at radius 1 is 0.395 bits per heavy atom. The second-order valence-electron chi connectivity index (χ2n) is 22.9. The second kappa shape index (κ2) is 42.5. The van der Waals surface area contributed by atoms with Crippen molar-refractivity contribution in [2.45, 2.75) is 53.5 Å². The minimum atomic E-state index is -1.09. The van der Waals surface area contributed by atoms with E-state index in [1.165, 1.54) is 102 Å². The van der Waals surface area contributed by atoms with E-state index < -0.39 is 54.1 Å². The molecule has 9 aromatic heterocycles. The van der Waals surface area contributed by atoms with Gasteiger partial charge in [0.05, 0.1) is 36.9 Å².